The van der Waals surface area contributed by atoms with E-state index in [1.165, 1.54) is 0 Å². The molecule has 1 atom stereocenters. The summed E-state index contributed by atoms with van der Waals surface area (Å²) in [5, 5.41) is 12.7. The summed E-state index contributed by atoms with van der Waals surface area (Å²) < 4.78 is 0. The monoisotopic (exact) mass is 229 g/mol. The summed E-state index contributed by atoms with van der Waals surface area (Å²) in [4.78, 5) is 7.96. The predicted octanol–water partition coefficient (Wildman–Crippen LogP) is 2.01. The lowest BCUT2D eigenvalue weighted by atomic mass is 10.0. The van der Waals surface area contributed by atoms with Crippen LogP contribution >= 0.6 is 11.6 Å². The van der Waals surface area contributed by atoms with Crippen LogP contribution in [0.5, 0.6) is 0 Å². The molecule has 0 spiro atoms. The molecule has 2 N–H and O–H groups in total. The van der Waals surface area contributed by atoms with Gasteiger partial charge in [0.2, 0.25) is 5.28 Å². The first-order valence-electron chi connectivity index (χ1n) is 4.89. The van der Waals surface area contributed by atoms with Gasteiger partial charge in [-0.3, -0.25) is 0 Å². The fraction of sp³-hybridized carbons (Fsp3) is 0.600. The normalized spacial score (nSPS) is 14.7. The molecule has 0 amide bonds. The van der Waals surface area contributed by atoms with Gasteiger partial charge in [0.05, 0.1) is 12.1 Å². The maximum atomic E-state index is 9.27. The number of nitrogens with one attached hydrogen (secondary N) is 1. The number of hydrogen-bond acceptors (Lipinski definition) is 4. The third kappa shape index (κ3) is 3.04. The zero-order valence-electron chi connectivity index (χ0n) is 9.21. The van der Waals surface area contributed by atoms with Gasteiger partial charge in [0.25, 0.3) is 0 Å². The van der Waals surface area contributed by atoms with Crippen LogP contribution in [0, 0.1) is 6.92 Å². The largest absolute Gasteiger partial charge is 0.394 e. The minimum Gasteiger partial charge on any atom is -0.394 e. The lowest BCUT2D eigenvalue weighted by molar-refractivity contribution is 0.218. The van der Waals surface area contributed by atoms with Crippen molar-refractivity contribution in [3.63, 3.8) is 0 Å². The average molecular weight is 230 g/mol. The number of anilines is 1. The van der Waals surface area contributed by atoms with Crippen molar-refractivity contribution >= 4 is 17.4 Å². The summed E-state index contributed by atoms with van der Waals surface area (Å²) in [6.07, 6.45) is 2.45. The number of halogens is 1. The third-order valence-electron chi connectivity index (χ3n) is 2.49. The quantitative estimate of drug-likeness (QED) is 0.776. The molecule has 15 heavy (non-hydrogen) atoms. The van der Waals surface area contributed by atoms with Crippen molar-refractivity contribution in [2.45, 2.75) is 32.7 Å². The van der Waals surface area contributed by atoms with Gasteiger partial charge in [0, 0.05) is 11.8 Å². The van der Waals surface area contributed by atoms with Crippen LogP contribution in [0.3, 0.4) is 0 Å². The summed E-state index contributed by atoms with van der Waals surface area (Å²) in [5.41, 5.74) is 0.537. The molecule has 0 saturated heterocycles. The topological polar surface area (TPSA) is 58.0 Å². The van der Waals surface area contributed by atoms with E-state index in [1.54, 1.807) is 6.20 Å². The van der Waals surface area contributed by atoms with Gasteiger partial charge >= 0.3 is 0 Å². The Hall–Kier alpha value is -0.870. The van der Waals surface area contributed by atoms with Crippen LogP contribution in [0.4, 0.5) is 5.82 Å². The lowest BCUT2D eigenvalue weighted by Gasteiger charge is -2.28. The first-order valence-corrected chi connectivity index (χ1v) is 5.27. The fourth-order valence-corrected chi connectivity index (χ4v) is 1.21. The molecule has 0 bridgehead atoms. The Morgan fingerprint density at radius 3 is 2.80 bits per heavy atom. The molecule has 4 nitrogen and oxygen atoms in total. The van der Waals surface area contributed by atoms with Gasteiger partial charge in [-0.15, -0.1) is 0 Å². The molecule has 1 aromatic rings. The Labute approximate surface area is 94.7 Å². The van der Waals surface area contributed by atoms with Crippen molar-refractivity contribution in [2.24, 2.45) is 0 Å². The first-order chi connectivity index (χ1) is 7.00. The molecule has 0 aromatic carbocycles. The highest BCUT2D eigenvalue weighted by molar-refractivity contribution is 6.28. The third-order valence-corrected chi connectivity index (χ3v) is 2.67. The van der Waals surface area contributed by atoms with Crippen LogP contribution in [0.25, 0.3) is 0 Å². The highest BCUT2D eigenvalue weighted by atomic mass is 35.5. The second-order valence-corrected chi connectivity index (χ2v) is 4.21. The van der Waals surface area contributed by atoms with Gasteiger partial charge in [-0.2, -0.15) is 0 Å². The lowest BCUT2D eigenvalue weighted by Crippen LogP contribution is -2.38. The molecule has 1 rings (SSSR count). The van der Waals surface area contributed by atoms with Gasteiger partial charge in [-0.1, -0.05) is 6.92 Å². The van der Waals surface area contributed by atoms with Gasteiger partial charge in [0.15, 0.2) is 0 Å². The van der Waals surface area contributed by atoms with Crippen molar-refractivity contribution in [2.75, 3.05) is 11.9 Å². The zero-order chi connectivity index (χ0) is 11.5. The second kappa shape index (κ2) is 4.77. The van der Waals surface area contributed by atoms with Crippen LogP contribution in [-0.4, -0.2) is 27.2 Å². The van der Waals surface area contributed by atoms with E-state index >= 15 is 0 Å². The van der Waals surface area contributed by atoms with Gasteiger partial charge in [-0.05, 0) is 31.9 Å². The van der Waals surface area contributed by atoms with E-state index in [9.17, 15) is 5.11 Å². The van der Waals surface area contributed by atoms with Crippen molar-refractivity contribution in [3.05, 3.63) is 17.0 Å². The molecular weight excluding hydrogens is 214 g/mol. The van der Waals surface area contributed by atoms with Crippen LogP contribution in [0.15, 0.2) is 6.20 Å². The van der Waals surface area contributed by atoms with E-state index in [4.69, 9.17) is 11.6 Å². The summed E-state index contributed by atoms with van der Waals surface area (Å²) >= 11 is 5.71. The number of aliphatic hydroxyl groups is 1. The van der Waals surface area contributed by atoms with E-state index in [1.807, 2.05) is 20.8 Å². The smallest absolute Gasteiger partial charge is 0.224 e. The molecule has 1 heterocycles. The highest BCUT2D eigenvalue weighted by Crippen LogP contribution is 2.20. The maximum absolute atomic E-state index is 9.27. The Bertz CT molecular complexity index is 339. The standard InChI is InChI=1S/C10H16ClN3O/c1-4-10(3,6-15)14-8-7(2)5-12-9(11)13-8/h5,15H,4,6H2,1-3H3,(H,12,13,14). The highest BCUT2D eigenvalue weighted by Gasteiger charge is 2.21. The number of aromatic nitrogens is 2. The molecule has 0 aliphatic heterocycles. The summed E-state index contributed by atoms with van der Waals surface area (Å²) in [7, 11) is 0. The Kier molecular flexibility index (Phi) is 3.88. The minimum absolute atomic E-state index is 0.0462. The van der Waals surface area contributed by atoms with Crippen LogP contribution in [0.2, 0.25) is 5.28 Å². The molecule has 0 aliphatic rings. The Morgan fingerprint density at radius 1 is 1.60 bits per heavy atom. The van der Waals surface area contributed by atoms with Crippen molar-refractivity contribution in [1.29, 1.82) is 0 Å². The van der Waals surface area contributed by atoms with Gasteiger partial charge in [0.1, 0.15) is 5.82 Å². The Morgan fingerprint density at radius 2 is 2.27 bits per heavy atom. The molecule has 5 heteroatoms. The maximum Gasteiger partial charge on any atom is 0.224 e. The van der Waals surface area contributed by atoms with Crippen LogP contribution in [0.1, 0.15) is 25.8 Å². The minimum atomic E-state index is -0.373. The molecule has 1 unspecified atom stereocenters. The molecule has 0 fully saturated rings. The number of nitrogens with zero attached hydrogens (tertiary/aromatic N) is 2. The van der Waals surface area contributed by atoms with Crippen molar-refractivity contribution < 1.29 is 5.11 Å². The zero-order valence-corrected chi connectivity index (χ0v) is 9.97. The number of rotatable bonds is 4. The first kappa shape index (κ1) is 12.2. The molecule has 0 saturated carbocycles. The number of hydrogen-bond donors (Lipinski definition) is 2. The second-order valence-electron chi connectivity index (χ2n) is 3.87. The van der Waals surface area contributed by atoms with Gasteiger partial charge in [-0.25, -0.2) is 9.97 Å². The summed E-state index contributed by atoms with van der Waals surface area (Å²) in [6.45, 7) is 5.88. The van der Waals surface area contributed by atoms with Crippen LogP contribution < -0.4 is 5.32 Å². The van der Waals surface area contributed by atoms with Crippen molar-refractivity contribution in [3.8, 4) is 0 Å². The molecular formula is C10H16ClN3O. The van der Waals surface area contributed by atoms with E-state index in [0.717, 1.165) is 12.0 Å². The molecule has 1 aromatic heterocycles. The van der Waals surface area contributed by atoms with Gasteiger partial charge < -0.3 is 10.4 Å². The SMILES string of the molecule is CCC(C)(CO)Nc1nc(Cl)ncc1C. The summed E-state index contributed by atoms with van der Waals surface area (Å²) in [5.74, 6) is 0.674. The average Bonchev–Trinajstić information content (AvgIpc) is 2.23. The summed E-state index contributed by atoms with van der Waals surface area (Å²) in [6, 6.07) is 0. The fourth-order valence-electron chi connectivity index (χ4n) is 1.07. The number of aryl methyl sites for hydroxylation is 1. The molecule has 0 radical (unpaired) electrons. The predicted molar refractivity (Wildman–Crippen MR) is 61.2 cm³/mol. The van der Waals surface area contributed by atoms with E-state index in [-0.39, 0.29) is 17.4 Å². The van der Waals surface area contributed by atoms with E-state index in [0.29, 0.717) is 5.82 Å². The van der Waals surface area contributed by atoms with E-state index < -0.39 is 0 Å². The molecule has 84 valence electrons. The number of aliphatic hydroxyl groups excluding tert-OH is 1. The Balaban J connectivity index is 2.92. The van der Waals surface area contributed by atoms with E-state index in [2.05, 4.69) is 15.3 Å². The van der Waals surface area contributed by atoms with Crippen molar-refractivity contribution in [1.82, 2.24) is 9.97 Å². The van der Waals surface area contributed by atoms with Crippen LogP contribution in [-0.2, 0) is 0 Å². The molecule has 0 aliphatic carbocycles.